The fourth-order valence-electron chi connectivity index (χ4n) is 2.60. The minimum absolute atomic E-state index is 0.170. The summed E-state index contributed by atoms with van der Waals surface area (Å²) in [5.74, 6) is -0.340. The average Bonchev–Trinajstić information content (AvgIpc) is 2.34. The minimum atomic E-state index is -0.892. The summed E-state index contributed by atoms with van der Waals surface area (Å²) in [5, 5.41) is 5.89. The van der Waals surface area contributed by atoms with Crippen LogP contribution < -0.4 is 10.6 Å². The van der Waals surface area contributed by atoms with Crippen molar-refractivity contribution in [1.82, 2.24) is 10.6 Å². The van der Waals surface area contributed by atoms with Gasteiger partial charge in [-0.05, 0) is 25.3 Å². The van der Waals surface area contributed by atoms with E-state index < -0.39 is 11.1 Å². The van der Waals surface area contributed by atoms with Crippen molar-refractivity contribution < 1.29 is 9.59 Å². The smallest absolute Gasteiger partial charge is 0.237 e. The molecule has 3 fully saturated rings. The van der Waals surface area contributed by atoms with Gasteiger partial charge in [0, 0.05) is 0 Å². The number of piperidine rings is 2. The summed E-state index contributed by atoms with van der Waals surface area (Å²) in [6.45, 7) is 1.70. The van der Waals surface area contributed by atoms with E-state index in [4.69, 9.17) is 0 Å². The number of carbonyl (C=O) groups is 2. The molecule has 88 valence electrons. The van der Waals surface area contributed by atoms with E-state index in [9.17, 15) is 9.59 Å². The molecule has 0 atom stereocenters. The number of rotatable bonds is 1. The van der Waals surface area contributed by atoms with Gasteiger partial charge in [0.05, 0.1) is 0 Å². The summed E-state index contributed by atoms with van der Waals surface area (Å²) in [4.78, 5) is 24.0. The maximum Gasteiger partial charge on any atom is 0.237 e. The quantitative estimate of drug-likeness (QED) is 0.704. The van der Waals surface area contributed by atoms with Crippen LogP contribution in [0.5, 0.6) is 0 Å². The molecule has 17 heavy (non-hydrogen) atoms. The van der Waals surface area contributed by atoms with Crippen molar-refractivity contribution in [2.75, 3.05) is 0 Å². The molecule has 0 radical (unpaired) electrons. The van der Waals surface area contributed by atoms with E-state index in [2.05, 4.69) is 10.6 Å². The Labute approximate surface area is 99.4 Å². The molecule has 4 rings (SSSR count). The zero-order chi connectivity index (χ0) is 12.1. The lowest BCUT2D eigenvalue weighted by molar-refractivity contribution is -0.158. The van der Waals surface area contributed by atoms with Crippen LogP contribution in [0.4, 0.5) is 0 Å². The summed E-state index contributed by atoms with van der Waals surface area (Å²) >= 11 is 0. The Morgan fingerprint density at radius 1 is 1.00 bits per heavy atom. The van der Waals surface area contributed by atoms with Crippen molar-refractivity contribution in [3.05, 3.63) is 35.9 Å². The van der Waals surface area contributed by atoms with E-state index in [1.807, 2.05) is 30.3 Å². The monoisotopic (exact) mass is 230 g/mol. The van der Waals surface area contributed by atoms with Crippen LogP contribution >= 0.6 is 0 Å². The van der Waals surface area contributed by atoms with E-state index in [1.54, 1.807) is 6.92 Å². The zero-order valence-electron chi connectivity index (χ0n) is 9.62. The second-order valence-corrected chi connectivity index (χ2v) is 5.01. The average molecular weight is 230 g/mol. The molecule has 0 unspecified atom stereocenters. The first-order valence-electron chi connectivity index (χ1n) is 5.78. The van der Waals surface area contributed by atoms with Crippen LogP contribution in [0.25, 0.3) is 0 Å². The topological polar surface area (TPSA) is 58.2 Å². The molecule has 3 aliphatic heterocycles. The molecule has 3 aliphatic rings. The first-order valence-corrected chi connectivity index (χ1v) is 5.78. The first-order chi connectivity index (χ1) is 8.07. The Balaban J connectivity index is 2.07. The molecular weight excluding hydrogens is 216 g/mol. The van der Waals surface area contributed by atoms with Gasteiger partial charge in [-0.15, -0.1) is 0 Å². The molecule has 0 spiro atoms. The highest BCUT2D eigenvalue weighted by atomic mass is 16.2. The van der Waals surface area contributed by atoms with Crippen LogP contribution in [0.15, 0.2) is 30.3 Å². The lowest BCUT2D eigenvalue weighted by Crippen LogP contribution is -2.73. The molecule has 3 heterocycles. The molecule has 2 amide bonds. The highest BCUT2D eigenvalue weighted by molar-refractivity contribution is 6.08. The van der Waals surface area contributed by atoms with Gasteiger partial charge in [-0.2, -0.15) is 0 Å². The number of nitrogens with one attached hydrogen (secondary N) is 2. The fraction of sp³-hybridized carbons (Fsp3) is 0.385. The van der Waals surface area contributed by atoms with Gasteiger partial charge in [-0.3, -0.25) is 9.59 Å². The molecule has 1 aromatic rings. The minimum Gasteiger partial charge on any atom is -0.329 e. The van der Waals surface area contributed by atoms with Gasteiger partial charge in [0.2, 0.25) is 11.8 Å². The van der Waals surface area contributed by atoms with Crippen LogP contribution in [-0.2, 0) is 15.3 Å². The van der Waals surface area contributed by atoms with Gasteiger partial charge in [0.15, 0.2) is 0 Å². The number of carbonyl (C=O) groups excluding carboxylic acids is 2. The van der Waals surface area contributed by atoms with Crippen molar-refractivity contribution in [2.24, 2.45) is 5.41 Å². The van der Waals surface area contributed by atoms with Crippen LogP contribution in [0.3, 0.4) is 0 Å². The maximum absolute atomic E-state index is 12.0. The highest BCUT2D eigenvalue weighted by Crippen LogP contribution is 2.42. The van der Waals surface area contributed by atoms with Crippen molar-refractivity contribution in [3.63, 3.8) is 0 Å². The number of benzene rings is 1. The van der Waals surface area contributed by atoms with Crippen LogP contribution in [0.2, 0.25) is 0 Å². The Bertz CT molecular complexity index is 477. The van der Waals surface area contributed by atoms with Crippen molar-refractivity contribution in [3.8, 4) is 0 Å². The molecule has 0 aliphatic carbocycles. The largest absolute Gasteiger partial charge is 0.329 e. The summed E-state index contributed by atoms with van der Waals surface area (Å²) in [6, 6.07) is 9.58. The number of hydrogen-bond acceptors (Lipinski definition) is 2. The molecule has 4 nitrogen and oxygen atoms in total. The normalized spacial score (nSPS) is 35.4. The maximum atomic E-state index is 12.0. The second kappa shape index (κ2) is 3.09. The van der Waals surface area contributed by atoms with Gasteiger partial charge in [-0.1, -0.05) is 30.3 Å². The van der Waals surface area contributed by atoms with Crippen LogP contribution in [0.1, 0.15) is 25.3 Å². The Hall–Kier alpha value is -1.84. The third-order valence-corrected chi connectivity index (χ3v) is 3.92. The Morgan fingerprint density at radius 3 is 2.12 bits per heavy atom. The van der Waals surface area contributed by atoms with Crippen molar-refractivity contribution in [2.45, 2.75) is 25.4 Å². The van der Waals surface area contributed by atoms with Gasteiger partial charge >= 0.3 is 0 Å². The van der Waals surface area contributed by atoms with Gasteiger partial charge in [0.1, 0.15) is 11.1 Å². The van der Waals surface area contributed by atoms with Crippen molar-refractivity contribution in [1.29, 1.82) is 0 Å². The third-order valence-electron chi connectivity index (χ3n) is 3.92. The summed E-state index contributed by atoms with van der Waals surface area (Å²) < 4.78 is 0. The molecule has 0 saturated carbocycles. The van der Waals surface area contributed by atoms with Gasteiger partial charge in [0.25, 0.3) is 0 Å². The standard InChI is InChI=1S/C13H14N2O2/c1-12-7-8-13(14-10(12)16,15-11(12)17)9-5-3-2-4-6-9/h2-6H,7-8H2,1H3,(H,14,16)(H,15,17). The summed E-state index contributed by atoms with van der Waals surface area (Å²) in [7, 11) is 0. The molecule has 4 heteroatoms. The SMILES string of the molecule is CC12CCC(c3ccccc3)(NC1=O)NC2=O. The lowest BCUT2D eigenvalue weighted by Gasteiger charge is -2.51. The summed E-state index contributed by atoms with van der Waals surface area (Å²) in [6.07, 6.45) is 1.34. The van der Waals surface area contributed by atoms with Gasteiger partial charge < -0.3 is 10.6 Å². The van der Waals surface area contributed by atoms with Crippen LogP contribution in [-0.4, -0.2) is 11.8 Å². The van der Waals surface area contributed by atoms with E-state index in [1.165, 1.54) is 0 Å². The van der Waals surface area contributed by atoms with Crippen LogP contribution in [0, 0.1) is 5.41 Å². The number of amides is 2. The van der Waals surface area contributed by atoms with Crippen molar-refractivity contribution >= 4 is 11.8 Å². The number of fused-ring (bicyclic) bond motifs is 3. The van der Waals surface area contributed by atoms with E-state index in [-0.39, 0.29) is 11.8 Å². The predicted molar refractivity (Wildman–Crippen MR) is 61.7 cm³/mol. The molecule has 2 N–H and O–H groups in total. The van der Waals surface area contributed by atoms with E-state index in [0.717, 1.165) is 12.0 Å². The zero-order valence-corrected chi connectivity index (χ0v) is 9.62. The number of hydrogen-bond donors (Lipinski definition) is 2. The Morgan fingerprint density at radius 2 is 1.59 bits per heavy atom. The molecular formula is C13H14N2O2. The molecule has 0 aromatic heterocycles. The fourth-order valence-corrected chi connectivity index (χ4v) is 2.60. The van der Waals surface area contributed by atoms with E-state index in [0.29, 0.717) is 6.42 Å². The highest BCUT2D eigenvalue weighted by Gasteiger charge is 2.57. The molecule has 3 saturated heterocycles. The molecule has 1 aromatic carbocycles. The lowest BCUT2D eigenvalue weighted by atomic mass is 9.70. The van der Waals surface area contributed by atoms with E-state index >= 15 is 0 Å². The third kappa shape index (κ3) is 1.24. The first kappa shape index (κ1) is 10.3. The predicted octanol–water partition coefficient (Wildman–Crippen LogP) is 0.885. The second-order valence-electron chi connectivity index (χ2n) is 5.01. The van der Waals surface area contributed by atoms with Gasteiger partial charge in [-0.25, -0.2) is 0 Å². The molecule has 2 bridgehead atoms. The summed E-state index contributed by atoms with van der Waals surface area (Å²) in [5.41, 5.74) is -0.660. The Kier molecular flexibility index (Phi) is 1.88.